The second kappa shape index (κ2) is 5.79. The van der Waals surface area contributed by atoms with Gasteiger partial charge in [0.05, 0.1) is 11.3 Å². The molecule has 0 aliphatic heterocycles. The molecule has 0 spiro atoms. The molecule has 104 valence electrons. The Morgan fingerprint density at radius 1 is 1.37 bits per heavy atom. The van der Waals surface area contributed by atoms with Crippen molar-refractivity contribution < 1.29 is 32.6 Å². The molecule has 0 unspecified atom stereocenters. The van der Waals surface area contributed by atoms with Crippen LogP contribution in [-0.4, -0.2) is 30.0 Å². The maximum Gasteiger partial charge on any atom is 0.422 e. The molecule has 0 atom stereocenters. The Hall–Kier alpha value is -1.96. The molecule has 0 fully saturated rings. The summed E-state index contributed by atoms with van der Waals surface area (Å²) in [5.41, 5.74) is -0.583. The van der Waals surface area contributed by atoms with Crippen LogP contribution in [0.3, 0.4) is 0 Å². The van der Waals surface area contributed by atoms with Crippen molar-refractivity contribution >= 4 is 29.4 Å². The van der Waals surface area contributed by atoms with Crippen LogP contribution in [0.25, 0.3) is 0 Å². The summed E-state index contributed by atoms with van der Waals surface area (Å²) in [5.74, 6) is -1.37. The molecule has 0 heterocycles. The second-order valence-corrected chi connectivity index (χ2v) is 3.75. The first-order chi connectivity index (χ1) is 8.69. The van der Waals surface area contributed by atoms with Crippen molar-refractivity contribution in [3.63, 3.8) is 0 Å². The number of aromatic carboxylic acids is 1. The Bertz CT molecular complexity index is 504. The van der Waals surface area contributed by atoms with Gasteiger partial charge in [0.15, 0.2) is 6.61 Å². The highest BCUT2D eigenvalue weighted by Crippen LogP contribution is 2.22. The molecule has 0 saturated heterocycles. The monoisotopic (exact) mass is 297 g/mol. The van der Waals surface area contributed by atoms with Crippen LogP contribution in [-0.2, 0) is 4.74 Å². The van der Waals surface area contributed by atoms with E-state index in [1.165, 1.54) is 6.07 Å². The molecule has 0 saturated carbocycles. The molecule has 0 aliphatic rings. The summed E-state index contributed by atoms with van der Waals surface area (Å²) in [4.78, 5) is 21.9. The zero-order valence-electron chi connectivity index (χ0n) is 9.12. The van der Waals surface area contributed by atoms with Gasteiger partial charge >= 0.3 is 18.2 Å². The first-order valence-corrected chi connectivity index (χ1v) is 5.10. The van der Waals surface area contributed by atoms with E-state index in [1.807, 2.05) is 5.32 Å². The number of ether oxygens (including phenoxy) is 1. The molecule has 2 N–H and O–H groups in total. The molecular weight excluding hydrogens is 291 g/mol. The van der Waals surface area contributed by atoms with Crippen molar-refractivity contribution in [2.24, 2.45) is 0 Å². The van der Waals surface area contributed by atoms with E-state index in [-0.39, 0.29) is 16.3 Å². The summed E-state index contributed by atoms with van der Waals surface area (Å²) in [5, 5.41) is 10.8. The average molecular weight is 298 g/mol. The molecule has 19 heavy (non-hydrogen) atoms. The Labute approximate surface area is 109 Å². The lowest BCUT2D eigenvalue weighted by atomic mass is 10.2. The Balaban J connectivity index is 2.78. The molecule has 1 aromatic rings. The predicted molar refractivity (Wildman–Crippen MR) is 59.4 cm³/mol. The minimum absolute atomic E-state index is 0.108. The molecule has 9 heteroatoms. The van der Waals surface area contributed by atoms with Gasteiger partial charge in [-0.25, -0.2) is 9.59 Å². The Morgan fingerprint density at radius 2 is 2.00 bits per heavy atom. The molecule has 0 aliphatic carbocycles. The van der Waals surface area contributed by atoms with Gasteiger partial charge in [0.1, 0.15) is 0 Å². The third kappa shape index (κ3) is 5.04. The Kier molecular flexibility index (Phi) is 4.60. The second-order valence-electron chi connectivity index (χ2n) is 3.31. The number of anilines is 1. The van der Waals surface area contributed by atoms with Crippen LogP contribution in [0.1, 0.15) is 10.4 Å². The van der Waals surface area contributed by atoms with Crippen molar-refractivity contribution in [2.45, 2.75) is 6.18 Å². The van der Waals surface area contributed by atoms with Crippen LogP contribution >= 0.6 is 11.6 Å². The number of rotatable bonds is 3. The van der Waals surface area contributed by atoms with Crippen LogP contribution in [0.4, 0.5) is 23.7 Å². The number of hydrogen-bond acceptors (Lipinski definition) is 3. The first kappa shape index (κ1) is 15.1. The minimum Gasteiger partial charge on any atom is -0.478 e. The number of hydrogen-bond donors (Lipinski definition) is 2. The van der Waals surface area contributed by atoms with E-state index in [1.54, 1.807) is 0 Å². The number of amides is 1. The summed E-state index contributed by atoms with van der Waals surface area (Å²) >= 11 is 5.59. The molecule has 0 bridgehead atoms. The van der Waals surface area contributed by atoms with Crippen LogP contribution in [0.15, 0.2) is 18.2 Å². The van der Waals surface area contributed by atoms with Gasteiger partial charge in [-0.15, -0.1) is 0 Å². The summed E-state index contributed by atoms with van der Waals surface area (Å²) < 4.78 is 39.3. The number of carboxylic acid groups (broad SMARTS) is 1. The predicted octanol–water partition coefficient (Wildman–Crippen LogP) is 3.15. The molecule has 1 rings (SSSR count). The van der Waals surface area contributed by atoms with Crippen LogP contribution < -0.4 is 5.32 Å². The third-order valence-electron chi connectivity index (χ3n) is 1.82. The number of halogens is 4. The van der Waals surface area contributed by atoms with Crippen LogP contribution in [0.2, 0.25) is 5.02 Å². The molecule has 0 radical (unpaired) electrons. The molecule has 5 nitrogen and oxygen atoms in total. The fourth-order valence-corrected chi connectivity index (χ4v) is 1.27. The van der Waals surface area contributed by atoms with Gasteiger partial charge in [0, 0.05) is 5.02 Å². The van der Waals surface area contributed by atoms with E-state index in [2.05, 4.69) is 4.74 Å². The number of nitrogens with one attached hydrogen (secondary N) is 1. The van der Waals surface area contributed by atoms with Gasteiger partial charge < -0.3 is 9.84 Å². The van der Waals surface area contributed by atoms with E-state index < -0.39 is 24.8 Å². The highest BCUT2D eigenvalue weighted by molar-refractivity contribution is 6.31. The quantitative estimate of drug-likeness (QED) is 0.898. The molecule has 1 amide bonds. The van der Waals surface area contributed by atoms with Gasteiger partial charge in [0.2, 0.25) is 0 Å². The summed E-state index contributed by atoms with van der Waals surface area (Å²) in [6, 6.07) is 3.45. The van der Waals surface area contributed by atoms with Gasteiger partial charge in [-0.2, -0.15) is 13.2 Å². The number of alkyl halides is 3. The minimum atomic E-state index is -4.67. The van der Waals surface area contributed by atoms with Crippen LogP contribution in [0.5, 0.6) is 0 Å². The van der Waals surface area contributed by atoms with E-state index >= 15 is 0 Å². The zero-order valence-corrected chi connectivity index (χ0v) is 9.88. The van der Waals surface area contributed by atoms with Gasteiger partial charge in [-0.1, -0.05) is 11.6 Å². The normalized spacial score (nSPS) is 10.9. The maximum atomic E-state index is 11.8. The van der Waals surface area contributed by atoms with Crippen molar-refractivity contribution in [1.29, 1.82) is 0 Å². The molecule has 1 aromatic carbocycles. The topological polar surface area (TPSA) is 75.6 Å². The summed E-state index contributed by atoms with van der Waals surface area (Å²) in [6.07, 6.45) is -6.09. The van der Waals surface area contributed by atoms with E-state index in [0.717, 1.165) is 12.1 Å². The zero-order chi connectivity index (χ0) is 14.6. The van der Waals surface area contributed by atoms with Crippen molar-refractivity contribution in [3.8, 4) is 0 Å². The van der Waals surface area contributed by atoms with E-state index in [4.69, 9.17) is 16.7 Å². The van der Waals surface area contributed by atoms with Crippen molar-refractivity contribution in [2.75, 3.05) is 11.9 Å². The van der Waals surface area contributed by atoms with Crippen molar-refractivity contribution in [1.82, 2.24) is 0 Å². The number of carboxylic acids is 1. The standard InChI is InChI=1S/C10H7ClF3NO4/c11-5-1-2-6(8(16)17)7(3-5)15-9(18)19-4-10(12,13)14/h1-3H,4H2,(H,15,18)(H,16,17). The smallest absolute Gasteiger partial charge is 0.422 e. The number of benzene rings is 1. The lowest BCUT2D eigenvalue weighted by molar-refractivity contribution is -0.159. The fourth-order valence-electron chi connectivity index (χ4n) is 1.10. The number of carbonyl (C=O) groups is 2. The average Bonchev–Trinajstić information content (AvgIpc) is 2.25. The molecular formula is C10H7ClF3NO4. The Morgan fingerprint density at radius 3 is 2.53 bits per heavy atom. The lowest BCUT2D eigenvalue weighted by Crippen LogP contribution is -2.24. The lowest BCUT2D eigenvalue weighted by Gasteiger charge is -2.11. The van der Waals surface area contributed by atoms with E-state index in [0.29, 0.717) is 0 Å². The maximum absolute atomic E-state index is 11.8. The fraction of sp³-hybridized carbons (Fsp3) is 0.200. The third-order valence-corrected chi connectivity index (χ3v) is 2.05. The van der Waals surface area contributed by atoms with Gasteiger partial charge in [-0.3, -0.25) is 5.32 Å². The molecule has 0 aromatic heterocycles. The van der Waals surface area contributed by atoms with Crippen molar-refractivity contribution in [3.05, 3.63) is 28.8 Å². The highest BCUT2D eigenvalue weighted by Gasteiger charge is 2.29. The highest BCUT2D eigenvalue weighted by atomic mass is 35.5. The van der Waals surface area contributed by atoms with Gasteiger partial charge in [-0.05, 0) is 18.2 Å². The largest absolute Gasteiger partial charge is 0.478 e. The number of carbonyl (C=O) groups excluding carboxylic acids is 1. The summed E-state index contributed by atoms with van der Waals surface area (Å²) in [6.45, 7) is -1.78. The SMILES string of the molecule is O=C(Nc1cc(Cl)ccc1C(=O)O)OCC(F)(F)F. The van der Waals surface area contributed by atoms with E-state index in [9.17, 15) is 22.8 Å². The first-order valence-electron chi connectivity index (χ1n) is 4.72. The van der Waals surface area contributed by atoms with Gasteiger partial charge in [0.25, 0.3) is 0 Å². The summed E-state index contributed by atoms with van der Waals surface area (Å²) in [7, 11) is 0. The van der Waals surface area contributed by atoms with Crippen LogP contribution in [0, 0.1) is 0 Å².